The summed E-state index contributed by atoms with van der Waals surface area (Å²) < 4.78 is 2.28. The van der Waals surface area contributed by atoms with E-state index < -0.39 is 5.97 Å². The Kier molecular flexibility index (Phi) is 5.14. The van der Waals surface area contributed by atoms with E-state index in [0.29, 0.717) is 0 Å². The van der Waals surface area contributed by atoms with Crippen LogP contribution in [0.25, 0.3) is 39.3 Å². The predicted molar refractivity (Wildman–Crippen MR) is 129 cm³/mol. The number of hydrogen-bond donors (Lipinski definition) is 1. The fourth-order valence-corrected chi connectivity index (χ4v) is 4.07. The molecule has 32 heavy (non-hydrogen) atoms. The summed E-state index contributed by atoms with van der Waals surface area (Å²) in [6.45, 7) is 0. The third kappa shape index (κ3) is 3.61. The van der Waals surface area contributed by atoms with E-state index in [2.05, 4.69) is 53.1 Å². The number of rotatable bonds is 5. The molecule has 0 radical (unpaired) electrons. The van der Waals surface area contributed by atoms with Crippen LogP contribution in [0.15, 0.2) is 121 Å². The maximum atomic E-state index is 11.3. The van der Waals surface area contributed by atoms with Crippen LogP contribution >= 0.6 is 0 Å². The van der Waals surface area contributed by atoms with Crippen molar-refractivity contribution < 1.29 is 9.90 Å². The molecule has 1 aromatic heterocycles. The van der Waals surface area contributed by atoms with Crippen LogP contribution in [0.2, 0.25) is 0 Å². The first-order chi connectivity index (χ1) is 15.7. The summed E-state index contributed by atoms with van der Waals surface area (Å²) in [4.78, 5) is 11.3. The standard InChI is InChI=1S/C29H21NO2/c31-29(32)24-17-15-21(16-18-24)25-13-7-8-14-28(25)30-26(22-9-3-1-4-10-22)19-20-27(30)23-11-5-2-6-12-23/h1-20H,(H,31,32). The lowest BCUT2D eigenvalue weighted by molar-refractivity contribution is 0.0697. The second-order valence-corrected chi connectivity index (χ2v) is 7.57. The maximum absolute atomic E-state index is 11.3. The van der Waals surface area contributed by atoms with Gasteiger partial charge in [0.25, 0.3) is 0 Å². The molecule has 1 N–H and O–H groups in total. The zero-order chi connectivity index (χ0) is 21.9. The molecule has 154 valence electrons. The Labute approximate surface area is 186 Å². The molecule has 1 heterocycles. The van der Waals surface area contributed by atoms with E-state index in [0.717, 1.165) is 39.3 Å². The summed E-state index contributed by atoms with van der Waals surface area (Å²) in [7, 11) is 0. The number of nitrogens with zero attached hydrogens (tertiary/aromatic N) is 1. The molecule has 4 aromatic carbocycles. The first-order valence-electron chi connectivity index (χ1n) is 10.5. The van der Waals surface area contributed by atoms with E-state index in [1.165, 1.54) is 0 Å². The van der Waals surface area contributed by atoms with Gasteiger partial charge in [-0.05, 0) is 47.0 Å². The maximum Gasteiger partial charge on any atom is 0.335 e. The molecule has 0 fully saturated rings. The quantitative estimate of drug-likeness (QED) is 0.330. The minimum Gasteiger partial charge on any atom is -0.478 e. The lowest BCUT2D eigenvalue weighted by Gasteiger charge is -2.18. The Morgan fingerprint density at radius 1 is 0.531 bits per heavy atom. The van der Waals surface area contributed by atoms with Crippen molar-refractivity contribution in [2.75, 3.05) is 0 Å². The summed E-state index contributed by atoms with van der Waals surface area (Å²) >= 11 is 0. The second-order valence-electron chi connectivity index (χ2n) is 7.57. The largest absolute Gasteiger partial charge is 0.478 e. The lowest BCUT2D eigenvalue weighted by atomic mass is 10.0. The highest BCUT2D eigenvalue weighted by Crippen LogP contribution is 2.36. The highest BCUT2D eigenvalue weighted by molar-refractivity contribution is 5.89. The van der Waals surface area contributed by atoms with Gasteiger partial charge >= 0.3 is 5.97 Å². The van der Waals surface area contributed by atoms with Gasteiger partial charge in [-0.1, -0.05) is 91.0 Å². The van der Waals surface area contributed by atoms with Crippen molar-refractivity contribution in [3.8, 4) is 39.3 Å². The van der Waals surface area contributed by atoms with Crippen LogP contribution < -0.4 is 0 Å². The third-order valence-corrected chi connectivity index (χ3v) is 5.61. The number of carboxylic acid groups (broad SMARTS) is 1. The minimum atomic E-state index is -0.923. The van der Waals surface area contributed by atoms with Gasteiger partial charge < -0.3 is 9.67 Å². The summed E-state index contributed by atoms with van der Waals surface area (Å²) in [6, 6.07) is 40.3. The van der Waals surface area contributed by atoms with E-state index >= 15 is 0 Å². The normalized spacial score (nSPS) is 10.8. The first kappa shape index (κ1) is 19.6. The van der Waals surface area contributed by atoms with Gasteiger partial charge in [-0.15, -0.1) is 0 Å². The molecule has 3 nitrogen and oxygen atoms in total. The molecule has 0 saturated heterocycles. The van der Waals surface area contributed by atoms with Crippen LogP contribution in [0.5, 0.6) is 0 Å². The number of aromatic carboxylic acids is 1. The molecule has 0 unspecified atom stereocenters. The van der Waals surface area contributed by atoms with E-state index in [-0.39, 0.29) is 5.56 Å². The molecule has 0 saturated carbocycles. The van der Waals surface area contributed by atoms with Gasteiger partial charge in [0.15, 0.2) is 0 Å². The number of para-hydroxylation sites is 1. The second kappa shape index (κ2) is 8.40. The zero-order valence-electron chi connectivity index (χ0n) is 17.3. The van der Waals surface area contributed by atoms with Crippen molar-refractivity contribution >= 4 is 5.97 Å². The van der Waals surface area contributed by atoms with Gasteiger partial charge in [-0.2, -0.15) is 0 Å². The zero-order valence-corrected chi connectivity index (χ0v) is 17.3. The fraction of sp³-hybridized carbons (Fsp3) is 0. The van der Waals surface area contributed by atoms with Crippen LogP contribution in [0.4, 0.5) is 0 Å². The van der Waals surface area contributed by atoms with Crippen molar-refractivity contribution in [3.63, 3.8) is 0 Å². The van der Waals surface area contributed by atoms with Gasteiger partial charge in [0.1, 0.15) is 0 Å². The molecule has 0 atom stereocenters. The van der Waals surface area contributed by atoms with E-state index in [1.54, 1.807) is 12.1 Å². The molecule has 0 aliphatic rings. The van der Waals surface area contributed by atoms with Gasteiger partial charge in [-0.25, -0.2) is 4.79 Å². The van der Waals surface area contributed by atoms with Gasteiger partial charge in [0, 0.05) is 5.56 Å². The lowest BCUT2D eigenvalue weighted by Crippen LogP contribution is -2.02. The molecular weight excluding hydrogens is 394 g/mol. The highest BCUT2D eigenvalue weighted by Gasteiger charge is 2.17. The van der Waals surface area contributed by atoms with Gasteiger partial charge in [0.2, 0.25) is 0 Å². The number of benzene rings is 4. The molecule has 0 spiro atoms. The summed E-state index contributed by atoms with van der Waals surface area (Å²) in [5, 5.41) is 9.27. The Morgan fingerprint density at radius 3 is 1.56 bits per heavy atom. The van der Waals surface area contributed by atoms with Crippen molar-refractivity contribution in [3.05, 3.63) is 127 Å². The van der Waals surface area contributed by atoms with Crippen LogP contribution in [-0.4, -0.2) is 15.6 Å². The average molecular weight is 415 g/mol. The van der Waals surface area contributed by atoms with Crippen LogP contribution in [0.3, 0.4) is 0 Å². The minimum absolute atomic E-state index is 0.280. The first-order valence-corrected chi connectivity index (χ1v) is 10.5. The van der Waals surface area contributed by atoms with E-state index in [4.69, 9.17) is 0 Å². The number of carbonyl (C=O) groups is 1. The van der Waals surface area contributed by atoms with Gasteiger partial charge in [0.05, 0.1) is 22.6 Å². The molecule has 0 aliphatic heterocycles. The van der Waals surface area contributed by atoms with Crippen molar-refractivity contribution in [1.82, 2.24) is 4.57 Å². The van der Waals surface area contributed by atoms with Crippen LogP contribution in [-0.2, 0) is 0 Å². The predicted octanol–water partition coefficient (Wildman–Crippen LogP) is 7.18. The Bertz CT molecular complexity index is 1310. The summed E-state index contributed by atoms with van der Waals surface area (Å²) in [6.07, 6.45) is 0. The Balaban J connectivity index is 1.75. The molecular formula is C29H21NO2. The molecule has 0 bridgehead atoms. The van der Waals surface area contributed by atoms with Gasteiger partial charge in [-0.3, -0.25) is 0 Å². The smallest absolute Gasteiger partial charge is 0.335 e. The molecule has 5 aromatic rings. The van der Waals surface area contributed by atoms with Crippen molar-refractivity contribution in [1.29, 1.82) is 0 Å². The van der Waals surface area contributed by atoms with Crippen molar-refractivity contribution in [2.24, 2.45) is 0 Å². The molecule has 5 rings (SSSR count). The Hall–Kier alpha value is -4.37. The Morgan fingerprint density at radius 2 is 1.03 bits per heavy atom. The van der Waals surface area contributed by atoms with Crippen LogP contribution in [0.1, 0.15) is 10.4 Å². The topological polar surface area (TPSA) is 42.2 Å². The molecule has 0 aliphatic carbocycles. The number of aromatic nitrogens is 1. The van der Waals surface area contributed by atoms with Crippen LogP contribution in [0, 0.1) is 0 Å². The monoisotopic (exact) mass is 415 g/mol. The van der Waals surface area contributed by atoms with E-state index in [9.17, 15) is 9.90 Å². The SMILES string of the molecule is O=C(O)c1ccc(-c2ccccc2-n2c(-c3ccccc3)ccc2-c2ccccc2)cc1. The fourth-order valence-electron chi connectivity index (χ4n) is 4.07. The number of carboxylic acids is 1. The summed E-state index contributed by atoms with van der Waals surface area (Å²) in [5.74, 6) is -0.923. The molecule has 0 amide bonds. The average Bonchev–Trinajstić information content (AvgIpc) is 3.30. The highest BCUT2D eigenvalue weighted by atomic mass is 16.4. The molecule has 3 heteroatoms. The number of hydrogen-bond acceptors (Lipinski definition) is 1. The third-order valence-electron chi connectivity index (χ3n) is 5.61. The summed E-state index contributed by atoms with van der Waals surface area (Å²) in [5.41, 5.74) is 7.78. The van der Waals surface area contributed by atoms with E-state index in [1.807, 2.05) is 60.7 Å². The van der Waals surface area contributed by atoms with Crippen molar-refractivity contribution in [2.45, 2.75) is 0 Å².